The number of nitrogens with one attached hydrogen (secondary N) is 2. The number of amides is 2. The lowest BCUT2D eigenvalue weighted by Crippen LogP contribution is -2.13. The summed E-state index contributed by atoms with van der Waals surface area (Å²) in [5, 5.41) is 13.8. The van der Waals surface area contributed by atoms with E-state index < -0.39 is 0 Å². The molecule has 0 aliphatic heterocycles. The Morgan fingerprint density at radius 1 is 1.05 bits per heavy atom. The molecule has 0 unspecified atom stereocenters. The number of halogens is 1. The normalized spacial score (nSPS) is 9.64. The van der Waals surface area contributed by atoms with Crippen LogP contribution in [-0.2, 0) is 4.79 Å². The minimum atomic E-state index is -0.381. The van der Waals surface area contributed by atoms with Crippen LogP contribution in [0, 0.1) is 11.3 Å². The molecule has 2 rings (SSSR count). The van der Waals surface area contributed by atoms with Gasteiger partial charge >= 0.3 is 0 Å². The van der Waals surface area contributed by atoms with Crippen LogP contribution >= 0.6 is 15.9 Å². The molecule has 0 atom stereocenters. The molecule has 2 N–H and O–H groups in total. The van der Waals surface area contributed by atoms with Crippen LogP contribution in [0.15, 0.2) is 53.0 Å². The lowest BCUT2D eigenvalue weighted by molar-refractivity contribution is -0.115. The average Bonchev–Trinajstić information content (AvgIpc) is 2.48. The van der Waals surface area contributed by atoms with Gasteiger partial charge in [0.15, 0.2) is 0 Å². The van der Waals surface area contributed by atoms with E-state index in [2.05, 4.69) is 26.6 Å². The van der Waals surface area contributed by atoms with Crippen LogP contribution in [0.25, 0.3) is 0 Å². The van der Waals surface area contributed by atoms with Gasteiger partial charge in [-0.05, 0) is 42.5 Å². The molecule has 5 nitrogen and oxygen atoms in total. The van der Waals surface area contributed by atoms with Gasteiger partial charge in [-0.15, -0.1) is 0 Å². The van der Waals surface area contributed by atoms with E-state index >= 15 is 0 Å². The second-order valence-electron chi connectivity index (χ2n) is 4.42. The number of carbonyl (C=O) groups is 2. The lowest BCUT2D eigenvalue weighted by atomic mass is 10.2. The summed E-state index contributed by atoms with van der Waals surface area (Å²) in [5.41, 5.74) is 1.70. The Balaban J connectivity index is 2.02. The number of rotatable bonds is 4. The highest BCUT2D eigenvalue weighted by atomic mass is 79.9. The molecular formula is C16H12BrN3O2. The van der Waals surface area contributed by atoms with E-state index in [4.69, 9.17) is 5.26 Å². The zero-order valence-electron chi connectivity index (χ0n) is 11.5. The van der Waals surface area contributed by atoms with Crippen LogP contribution in [0.3, 0.4) is 0 Å². The first-order valence-electron chi connectivity index (χ1n) is 6.42. The van der Waals surface area contributed by atoms with Crippen LogP contribution in [0.1, 0.15) is 16.8 Å². The van der Waals surface area contributed by atoms with Gasteiger partial charge < -0.3 is 10.6 Å². The second-order valence-corrected chi connectivity index (χ2v) is 5.34. The standard InChI is InChI=1S/C16H12BrN3O2/c17-12-2-1-3-14(10-12)20-16(22)11-4-6-13(7-5-11)19-15(21)8-9-18/h1-7,10H,8H2,(H,19,21)(H,20,22). The molecule has 0 aliphatic carbocycles. The van der Waals surface area contributed by atoms with Crippen LogP contribution < -0.4 is 10.6 Å². The highest BCUT2D eigenvalue weighted by Gasteiger charge is 2.07. The Morgan fingerprint density at radius 2 is 1.77 bits per heavy atom. The predicted octanol–water partition coefficient (Wildman–Crippen LogP) is 3.55. The maximum atomic E-state index is 12.1. The molecule has 6 heteroatoms. The van der Waals surface area contributed by atoms with Gasteiger partial charge in [0.05, 0.1) is 6.07 Å². The molecule has 0 heterocycles. The fraction of sp³-hybridized carbons (Fsp3) is 0.0625. The summed E-state index contributed by atoms with van der Waals surface area (Å²) in [4.78, 5) is 23.4. The molecule has 0 aliphatic rings. The third-order valence-electron chi connectivity index (χ3n) is 2.75. The Labute approximate surface area is 136 Å². The van der Waals surface area contributed by atoms with Gasteiger partial charge in [-0.3, -0.25) is 9.59 Å². The second kappa shape index (κ2) is 7.38. The molecular weight excluding hydrogens is 346 g/mol. The number of anilines is 2. The highest BCUT2D eigenvalue weighted by molar-refractivity contribution is 9.10. The van der Waals surface area contributed by atoms with E-state index in [1.165, 1.54) is 0 Å². The van der Waals surface area contributed by atoms with E-state index in [-0.39, 0.29) is 18.2 Å². The number of hydrogen-bond acceptors (Lipinski definition) is 3. The minimum Gasteiger partial charge on any atom is -0.325 e. The maximum Gasteiger partial charge on any atom is 0.255 e. The molecule has 0 saturated heterocycles. The van der Waals surface area contributed by atoms with Gasteiger partial charge in [-0.2, -0.15) is 5.26 Å². The van der Waals surface area contributed by atoms with E-state index in [1.807, 2.05) is 12.1 Å². The lowest BCUT2D eigenvalue weighted by Gasteiger charge is -2.07. The fourth-order valence-electron chi connectivity index (χ4n) is 1.75. The van der Waals surface area contributed by atoms with Gasteiger partial charge in [0.1, 0.15) is 6.42 Å². The molecule has 0 radical (unpaired) electrons. The van der Waals surface area contributed by atoms with Gasteiger partial charge in [0, 0.05) is 21.4 Å². The average molecular weight is 358 g/mol. The van der Waals surface area contributed by atoms with Crippen molar-refractivity contribution < 1.29 is 9.59 Å². The van der Waals surface area contributed by atoms with Gasteiger partial charge in [-0.25, -0.2) is 0 Å². The third-order valence-corrected chi connectivity index (χ3v) is 3.25. The molecule has 110 valence electrons. The monoisotopic (exact) mass is 357 g/mol. The zero-order chi connectivity index (χ0) is 15.9. The quantitative estimate of drug-likeness (QED) is 0.877. The minimum absolute atomic E-state index is 0.203. The van der Waals surface area contributed by atoms with Crippen LogP contribution in [0.5, 0.6) is 0 Å². The summed E-state index contributed by atoms with van der Waals surface area (Å²) >= 11 is 3.34. The summed E-state index contributed by atoms with van der Waals surface area (Å²) in [6, 6.07) is 15.5. The molecule has 0 spiro atoms. The fourth-order valence-corrected chi connectivity index (χ4v) is 2.15. The Kier molecular flexibility index (Phi) is 5.28. The molecule has 0 fully saturated rings. The molecule has 2 aromatic rings. The van der Waals surface area contributed by atoms with Gasteiger partial charge in [-0.1, -0.05) is 22.0 Å². The number of carbonyl (C=O) groups excluding carboxylic acids is 2. The predicted molar refractivity (Wildman–Crippen MR) is 87.4 cm³/mol. The van der Waals surface area contributed by atoms with Crippen molar-refractivity contribution in [2.45, 2.75) is 6.42 Å². The van der Waals surface area contributed by atoms with Crippen molar-refractivity contribution in [3.63, 3.8) is 0 Å². The van der Waals surface area contributed by atoms with Crippen molar-refractivity contribution >= 4 is 39.1 Å². The zero-order valence-corrected chi connectivity index (χ0v) is 13.1. The summed E-state index contributed by atoms with van der Waals surface area (Å²) in [6.45, 7) is 0. The first-order valence-corrected chi connectivity index (χ1v) is 7.21. The topological polar surface area (TPSA) is 82.0 Å². The number of nitriles is 1. The first kappa shape index (κ1) is 15.7. The number of hydrogen-bond donors (Lipinski definition) is 2. The molecule has 22 heavy (non-hydrogen) atoms. The van der Waals surface area contributed by atoms with Crippen molar-refractivity contribution in [1.29, 1.82) is 5.26 Å². The molecule has 0 bridgehead atoms. The number of benzene rings is 2. The molecule has 0 saturated carbocycles. The van der Waals surface area contributed by atoms with E-state index in [9.17, 15) is 9.59 Å². The van der Waals surface area contributed by atoms with Crippen molar-refractivity contribution in [2.75, 3.05) is 10.6 Å². The van der Waals surface area contributed by atoms with Crippen LogP contribution in [0.2, 0.25) is 0 Å². The van der Waals surface area contributed by atoms with Crippen molar-refractivity contribution in [3.8, 4) is 6.07 Å². The Morgan fingerprint density at radius 3 is 2.41 bits per heavy atom. The van der Waals surface area contributed by atoms with E-state index in [0.717, 1.165) is 4.47 Å². The largest absolute Gasteiger partial charge is 0.325 e. The third kappa shape index (κ3) is 4.43. The van der Waals surface area contributed by atoms with Crippen molar-refractivity contribution in [1.82, 2.24) is 0 Å². The smallest absolute Gasteiger partial charge is 0.255 e. The van der Waals surface area contributed by atoms with Crippen molar-refractivity contribution in [2.24, 2.45) is 0 Å². The highest BCUT2D eigenvalue weighted by Crippen LogP contribution is 2.17. The Hall–Kier alpha value is -2.65. The summed E-state index contributed by atoms with van der Waals surface area (Å²) < 4.78 is 0.876. The van der Waals surface area contributed by atoms with Gasteiger partial charge in [0.25, 0.3) is 5.91 Å². The number of nitrogens with zero attached hydrogens (tertiary/aromatic N) is 1. The van der Waals surface area contributed by atoms with Crippen LogP contribution in [0.4, 0.5) is 11.4 Å². The van der Waals surface area contributed by atoms with Crippen molar-refractivity contribution in [3.05, 3.63) is 58.6 Å². The first-order chi connectivity index (χ1) is 10.6. The Bertz CT molecular complexity index is 736. The summed E-state index contributed by atoms with van der Waals surface area (Å²) in [5.74, 6) is -0.623. The van der Waals surface area contributed by atoms with E-state index in [0.29, 0.717) is 16.9 Å². The van der Waals surface area contributed by atoms with Crippen LogP contribution in [-0.4, -0.2) is 11.8 Å². The SMILES string of the molecule is N#CCC(=O)Nc1ccc(C(=O)Nc2cccc(Br)c2)cc1. The molecule has 0 aromatic heterocycles. The van der Waals surface area contributed by atoms with Gasteiger partial charge in [0.2, 0.25) is 5.91 Å². The molecule has 2 amide bonds. The van der Waals surface area contributed by atoms with E-state index in [1.54, 1.807) is 42.5 Å². The maximum absolute atomic E-state index is 12.1. The summed E-state index contributed by atoms with van der Waals surface area (Å²) in [6.07, 6.45) is -0.203. The summed E-state index contributed by atoms with van der Waals surface area (Å²) in [7, 11) is 0. The molecule has 2 aromatic carbocycles.